The minimum atomic E-state index is -4.52. The summed E-state index contributed by atoms with van der Waals surface area (Å²) in [6, 6.07) is 0. The first-order valence-corrected chi connectivity index (χ1v) is 12.7. The normalized spacial score (nSPS) is 28.3. The largest absolute Gasteiger partial charge is 0.388 e. The van der Waals surface area contributed by atoms with Gasteiger partial charge in [-0.15, -0.1) is 0 Å². The van der Waals surface area contributed by atoms with Crippen LogP contribution in [0.5, 0.6) is 0 Å². The topological polar surface area (TPSA) is 160 Å². The highest BCUT2D eigenvalue weighted by Crippen LogP contribution is 2.61. The Balaban J connectivity index is 2.41. The number of nitrogens with zero attached hydrogens (tertiary/aromatic N) is 2. The van der Waals surface area contributed by atoms with Crippen LogP contribution >= 0.6 is 7.60 Å². The molecule has 1 aromatic heterocycles. The molecule has 12 heteroatoms. The van der Waals surface area contributed by atoms with Crippen LogP contribution in [0.4, 0.5) is 0 Å². The van der Waals surface area contributed by atoms with E-state index in [1.165, 1.54) is 24.9 Å². The van der Waals surface area contributed by atoms with Crippen LogP contribution in [0.2, 0.25) is 0 Å². The number of aliphatic hydroxyl groups excluding tert-OH is 2. The van der Waals surface area contributed by atoms with Gasteiger partial charge >= 0.3 is 13.3 Å². The lowest BCUT2D eigenvalue weighted by molar-refractivity contribution is -0.0963. The van der Waals surface area contributed by atoms with Gasteiger partial charge in [-0.3, -0.25) is 18.5 Å². The van der Waals surface area contributed by atoms with Gasteiger partial charge in [-0.2, -0.15) is 0 Å². The fraction of sp³-hybridized carbons (Fsp3) is 0.810. The maximum atomic E-state index is 13.0. The predicted molar refractivity (Wildman–Crippen MR) is 121 cm³/mol. The van der Waals surface area contributed by atoms with Crippen LogP contribution in [0.25, 0.3) is 0 Å². The summed E-state index contributed by atoms with van der Waals surface area (Å²) >= 11 is 0. The predicted octanol–water partition coefficient (Wildman–Crippen LogP) is 0.761. The van der Waals surface area contributed by atoms with E-state index in [1.807, 2.05) is 0 Å². The second kappa shape index (κ2) is 9.73. The molecule has 0 spiro atoms. The first-order chi connectivity index (χ1) is 15.1. The Hall–Kier alpha value is -1.33. The molecule has 2 heterocycles. The van der Waals surface area contributed by atoms with Crippen molar-refractivity contribution in [2.75, 3.05) is 0 Å². The molecule has 0 saturated carbocycles. The lowest BCUT2D eigenvalue weighted by Gasteiger charge is -2.42. The van der Waals surface area contributed by atoms with Crippen LogP contribution in [0.15, 0.2) is 15.8 Å². The van der Waals surface area contributed by atoms with Crippen LogP contribution in [-0.4, -0.2) is 58.6 Å². The molecule has 7 unspecified atom stereocenters. The standard InChI is InChI=1S/C21H37N2O9P/c1-8-20(5,32-33(29,30)21(28,9-2)10-3)12(4)16-14(24)15(25)17(31-16)13-11-22(6)19(27)23(7)18(13)26/h11-12,14-17,24-25,28H,8-10H2,1-7H3,(H,29,30). The van der Waals surface area contributed by atoms with E-state index in [1.54, 1.807) is 34.6 Å². The molecule has 33 heavy (non-hydrogen) atoms. The number of rotatable bonds is 9. The van der Waals surface area contributed by atoms with Gasteiger partial charge in [0.2, 0.25) is 0 Å². The zero-order valence-corrected chi connectivity index (χ0v) is 21.2. The van der Waals surface area contributed by atoms with Gasteiger partial charge in [0.25, 0.3) is 5.56 Å². The first-order valence-electron chi connectivity index (χ1n) is 11.1. The Morgan fingerprint density at radius 3 is 2.18 bits per heavy atom. The number of hydrogen-bond donors (Lipinski definition) is 4. The minimum absolute atomic E-state index is 0.000795. The van der Waals surface area contributed by atoms with Crippen molar-refractivity contribution in [3.05, 3.63) is 32.6 Å². The van der Waals surface area contributed by atoms with Crippen LogP contribution < -0.4 is 11.2 Å². The molecular weight excluding hydrogens is 455 g/mol. The molecule has 1 aromatic rings. The van der Waals surface area contributed by atoms with Gasteiger partial charge in [0.15, 0.2) is 5.34 Å². The van der Waals surface area contributed by atoms with Crippen LogP contribution in [0.3, 0.4) is 0 Å². The monoisotopic (exact) mass is 492 g/mol. The molecule has 1 fully saturated rings. The molecule has 0 aromatic carbocycles. The van der Waals surface area contributed by atoms with E-state index in [2.05, 4.69) is 0 Å². The summed E-state index contributed by atoms with van der Waals surface area (Å²) in [5, 5.41) is 30.2. The molecule has 4 N–H and O–H groups in total. The fourth-order valence-corrected chi connectivity index (χ4v) is 6.07. The van der Waals surface area contributed by atoms with E-state index >= 15 is 0 Å². The van der Waals surface area contributed by atoms with Crippen molar-refractivity contribution in [2.45, 2.75) is 89.2 Å². The summed E-state index contributed by atoms with van der Waals surface area (Å²) in [5.74, 6) is -0.730. The Bertz CT molecular complexity index is 1020. The molecule has 1 saturated heterocycles. The Labute approximate surface area is 193 Å². The van der Waals surface area contributed by atoms with Gasteiger partial charge in [0.1, 0.15) is 18.3 Å². The SMILES string of the molecule is CCC(C)(OP(=O)(O)C(O)(CC)CC)C(C)C1OC(c2cn(C)c(=O)n(C)c2=O)C(O)C1O. The summed E-state index contributed by atoms with van der Waals surface area (Å²) in [5.41, 5.74) is -2.53. The highest BCUT2D eigenvalue weighted by Gasteiger charge is 2.55. The zero-order chi connectivity index (χ0) is 25.5. The second-order valence-corrected chi connectivity index (χ2v) is 11.2. The van der Waals surface area contributed by atoms with E-state index in [0.717, 1.165) is 4.57 Å². The summed E-state index contributed by atoms with van der Waals surface area (Å²) < 4.78 is 26.7. The van der Waals surface area contributed by atoms with E-state index in [9.17, 15) is 34.4 Å². The highest BCUT2D eigenvalue weighted by atomic mass is 31.2. The highest BCUT2D eigenvalue weighted by molar-refractivity contribution is 7.54. The molecular formula is C21H37N2O9P. The number of aromatic nitrogens is 2. The van der Waals surface area contributed by atoms with Crippen molar-refractivity contribution in [3.8, 4) is 0 Å². The number of aliphatic hydroxyl groups is 3. The smallest absolute Gasteiger partial charge is 0.359 e. The lowest BCUT2D eigenvalue weighted by atomic mass is 9.82. The fourth-order valence-electron chi connectivity index (χ4n) is 4.24. The van der Waals surface area contributed by atoms with E-state index in [0.29, 0.717) is 0 Å². The lowest BCUT2D eigenvalue weighted by Crippen LogP contribution is -2.47. The Kier molecular flexibility index (Phi) is 8.23. The molecule has 0 radical (unpaired) electrons. The maximum absolute atomic E-state index is 13.0. The Morgan fingerprint density at radius 2 is 1.70 bits per heavy atom. The van der Waals surface area contributed by atoms with Crippen molar-refractivity contribution in [3.63, 3.8) is 0 Å². The van der Waals surface area contributed by atoms with Crippen molar-refractivity contribution < 1.29 is 34.0 Å². The van der Waals surface area contributed by atoms with Crippen LogP contribution in [0, 0.1) is 5.92 Å². The van der Waals surface area contributed by atoms with Gasteiger partial charge in [-0.05, 0) is 26.2 Å². The summed E-state index contributed by atoms with van der Waals surface area (Å²) in [7, 11) is -1.77. The van der Waals surface area contributed by atoms with E-state index < -0.39 is 60.1 Å². The van der Waals surface area contributed by atoms with Crippen molar-refractivity contribution >= 4 is 7.60 Å². The van der Waals surface area contributed by atoms with Gasteiger partial charge < -0.3 is 29.5 Å². The summed E-state index contributed by atoms with van der Waals surface area (Å²) in [4.78, 5) is 35.2. The van der Waals surface area contributed by atoms with Crippen LogP contribution in [0.1, 0.15) is 65.5 Å². The molecule has 7 atom stereocenters. The molecule has 190 valence electrons. The number of hydrogen-bond acceptors (Lipinski definition) is 8. The van der Waals surface area contributed by atoms with Crippen LogP contribution in [-0.2, 0) is 27.9 Å². The quantitative estimate of drug-likeness (QED) is 0.365. The average molecular weight is 493 g/mol. The van der Waals surface area contributed by atoms with Crippen molar-refractivity contribution in [2.24, 2.45) is 20.0 Å². The van der Waals surface area contributed by atoms with Crippen molar-refractivity contribution in [1.82, 2.24) is 9.13 Å². The molecule has 2 rings (SSSR count). The van der Waals surface area contributed by atoms with Gasteiger partial charge in [0, 0.05) is 26.2 Å². The maximum Gasteiger partial charge on any atom is 0.359 e. The third kappa shape index (κ3) is 4.77. The zero-order valence-electron chi connectivity index (χ0n) is 20.3. The molecule has 1 aliphatic heterocycles. The van der Waals surface area contributed by atoms with E-state index in [-0.39, 0.29) is 24.8 Å². The molecule has 11 nitrogen and oxygen atoms in total. The average Bonchev–Trinajstić information content (AvgIpc) is 3.07. The third-order valence-corrected chi connectivity index (χ3v) is 9.58. The van der Waals surface area contributed by atoms with Gasteiger partial charge in [-0.25, -0.2) is 4.79 Å². The molecule has 0 amide bonds. The first kappa shape index (κ1) is 27.9. The Morgan fingerprint density at radius 1 is 1.15 bits per heavy atom. The van der Waals surface area contributed by atoms with Crippen molar-refractivity contribution in [1.29, 1.82) is 0 Å². The van der Waals surface area contributed by atoms with E-state index in [4.69, 9.17) is 9.26 Å². The third-order valence-electron chi connectivity index (χ3n) is 7.23. The summed E-state index contributed by atoms with van der Waals surface area (Å²) in [6.45, 7) is 8.11. The van der Waals surface area contributed by atoms with Gasteiger partial charge in [0.05, 0.1) is 17.3 Å². The number of aryl methyl sites for hydroxylation is 1. The number of ether oxygens (including phenoxy) is 1. The molecule has 0 aliphatic carbocycles. The second-order valence-electron chi connectivity index (χ2n) is 9.10. The minimum Gasteiger partial charge on any atom is -0.388 e. The van der Waals surface area contributed by atoms with Gasteiger partial charge in [-0.1, -0.05) is 27.7 Å². The molecule has 0 bridgehead atoms. The molecule has 1 aliphatic rings. The summed E-state index contributed by atoms with van der Waals surface area (Å²) in [6.07, 6.45) is -3.69.